The second-order valence-corrected chi connectivity index (χ2v) is 6.43. The van der Waals surface area contributed by atoms with Crippen molar-refractivity contribution in [3.05, 3.63) is 34.9 Å². The van der Waals surface area contributed by atoms with E-state index in [1.807, 2.05) is 0 Å². The number of rotatable bonds is 6. The first kappa shape index (κ1) is 16.8. The number of carboxylic acids is 1. The lowest BCUT2D eigenvalue weighted by molar-refractivity contribution is -0.147. The molecule has 0 spiro atoms. The van der Waals surface area contributed by atoms with Gasteiger partial charge in [-0.05, 0) is 37.1 Å². The number of nitrogens with zero attached hydrogens (tertiary/aromatic N) is 1. The van der Waals surface area contributed by atoms with Crippen molar-refractivity contribution in [3.63, 3.8) is 0 Å². The molecule has 1 aromatic carbocycles. The minimum atomic E-state index is -0.965. The van der Waals surface area contributed by atoms with Gasteiger partial charge in [0.15, 0.2) is 5.78 Å². The SMILES string of the molecule is O=C(CSCC(=O)N1CCC[C@@H]1C(=O)O)c1ccc(Cl)cc1. The number of hydrogen-bond donors (Lipinski definition) is 1. The second-order valence-electron chi connectivity index (χ2n) is 5.01. The first-order valence-corrected chi connectivity index (χ1v) is 8.41. The van der Waals surface area contributed by atoms with Crippen molar-refractivity contribution in [2.75, 3.05) is 18.1 Å². The van der Waals surface area contributed by atoms with Crippen LogP contribution in [0.25, 0.3) is 0 Å². The summed E-state index contributed by atoms with van der Waals surface area (Å²) in [5, 5.41) is 9.61. The Morgan fingerprint density at radius 1 is 1.23 bits per heavy atom. The zero-order valence-corrected chi connectivity index (χ0v) is 13.4. The summed E-state index contributed by atoms with van der Waals surface area (Å²) < 4.78 is 0. The molecule has 1 heterocycles. The highest BCUT2D eigenvalue weighted by atomic mass is 35.5. The maximum absolute atomic E-state index is 12.0. The highest BCUT2D eigenvalue weighted by Crippen LogP contribution is 2.19. The number of Topliss-reactive ketones (excluding diaryl/α,β-unsaturated/α-hetero) is 1. The number of thioether (sulfide) groups is 1. The van der Waals surface area contributed by atoms with E-state index in [2.05, 4.69) is 0 Å². The summed E-state index contributed by atoms with van der Waals surface area (Å²) in [6, 6.07) is 5.86. The zero-order valence-electron chi connectivity index (χ0n) is 11.8. The highest BCUT2D eigenvalue weighted by molar-refractivity contribution is 8.00. The Morgan fingerprint density at radius 2 is 1.91 bits per heavy atom. The molecule has 1 saturated heterocycles. The van der Waals surface area contributed by atoms with Gasteiger partial charge in [0.25, 0.3) is 0 Å². The fourth-order valence-corrected chi connectivity index (χ4v) is 3.28. The molecule has 0 aliphatic carbocycles. The molecule has 1 amide bonds. The third-order valence-electron chi connectivity index (χ3n) is 3.48. The number of hydrogen-bond acceptors (Lipinski definition) is 4. The molecule has 1 aliphatic heterocycles. The van der Waals surface area contributed by atoms with Crippen LogP contribution >= 0.6 is 23.4 Å². The average Bonchev–Trinajstić information content (AvgIpc) is 2.97. The van der Waals surface area contributed by atoms with Crippen LogP contribution in [-0.2, 0) is 9.59 Å². The standard InChI is InChI=1S/C15H16ClNO4S/c16-11-5-3-10(4-6-11)13(18)8-22-9-14(19)17-7-1-2-12(17)15(20)21/h3-6,12H,1-2,7-9H2,(H,20,21)/t12-/m1/s1. The van der Waals surface area contributed by atoms with Crippen molar-refractivity contribution in [3.8, 4) is 0 Å². The molecule has 1 aliphatic rings. The summed E-state index contributed by atoms with van der Waals surface area (Å²) in [5.41, 5.74) is 0.550. The summed E-state index contributed by atoms with van der Waals surface area (Å²) in [6.45, 7) is 0.474. The summed E-state index contributed by atoms with van der Waals surface area (Å²) in [4.78, 5) is 36.4. The van der Waals surface area contributed by atoms with Crippen LogP contribution in [0.1, 0.15) is 23.2 Å². The number of likely N-dealkylation sites (tertiary alicyclic amines) is 1. The van der Waals surface area contributed by atoms with Crippen LogP contribution in [0, 0.1) is 0 Å². The minimum absolute atomic E-state index is 0.0781. The number of carbonyl (C=O) groups is 3. The molecule has 7 heteroatoms. The predicted molar refractivity (Wildman–Crippen MR) is 85.5 cm³/mol. The minimum Gasteiger partial charge on any atom is -0.480 e. The van der Waals surface area contributed by atoms with Gasteiger partial charge in [0, 0.05) is 17.1 Å². The quantitative estimate of drug-likeness (QED) is 0.804. The summed E-state index contributed by atoms with van der Waals surface area (Å²) in [5.74, 6) is -0.972. The molecule has 0 saturated carbocycles. The zero-order chi connectivity index (χ0) is 16.1. The van der Waals surface area contributed by atoms with Crippen molar-refractivity contribution in [2.24, 2.45) is 0 Å². The Bertz CT molecular complexity index is 575. The summed E-state index contributed by atoms with van der Waals surface area (Å²) in [6.07, 6.45) is 1.20. The average molecular weight is 342 g/mol. The van der Waals surface area contributed by atoms with Gasteiger partial charge in [-0.1, -0.05) is 11.6 Å². The van der Waals surface area contributed by atoms with E-state index in [0.717, 1.165) is 0 Å². The van der Waals surface area contributed by atoms with Gasteiger partial charge < -0.3 is 10.0 Å². The third-order valence-corrected chi connectivity index (χ3v) is 4.65. The molecule has 0 aromatic heterocycles. The van der Waals surface area contributed by atoms with Crippen LogP contribution in [0.5, 0.6) is 0 Å². The van der Waals surface area contributed by atoms with Gasteiger partial charge in [0.1, 0.15) is 6.04 Å². The lowest BCUT2D eigenvalue weighted by Gasteiger charge is -2.21. The van der Waals surface area contributed by atoms with Gasteiger partial charge >= 0.3 is 5.97 Å². The fraction of sp³-hybridized carbons (Fsp3) is 0.400. The molecule has 1 aromatic rings. The van der Waals surface area contributed by atoms with E-state index < -0.39 is 12.0 Å². The molecule has 1 N–H and O–H groups in total. The number of carbonyl (C=O) groups excluding carboxylic acids is 2. The van der Waals surface area contributed by atoms with Crippen LogP contribution in [0.4, 0.5) is 0 Å². The van der Waals surface area contributed by atoms with E-state index in [0.29, 0.717) is 30.0 Å². The van der Waals surface area contributed by atoms with Crippen LogP contribution < -0.4 is 0 Å². The molecule has 0 radical (unpaired) electrons. The van der Waals surface area contributed by atoms with Gasteiger partial charge in [-0.15, -0.1) is 11.8 Å². The predicted octanol–water partition coefficient (Wildman–Crippen LogP) is 2.33. The van der Waals surface area contributed by atoms with E-state index in [1.54, 1.807) is 24.3 Å². The van der Waals surface area contributed by atoms with Gasteiger partial charge in [-0.25, -0.2) is 4.79 Å². The first-order valence-electron chi connectivity index (χ1n) is 6.88. The number of benzene rings is 1. The third kappa shape index (κ3) is 4.24. The Hall–Kier alpha value is -1.53. The van der Waals surface area contributed by atoms with Gasteiger partial charge in [0.2, 0.25) is 5.91 Å². The number of amides is 1. The van der Waals surface area contributed by atoms with Gasteiger partial charge in [0.05, 0.1) is 11.5 Å². The molecular weight excluding hydrogens is 326 g/mol. The number of halogens is 1. The van der Waals surface area contributed by atoms with Crippen LogP contribution in [0.2, 0.25) is 5.02 Å². The van der Waals surface area contributed by atoms with Crippen LogP contribution in [-0.4, -0.2) is 51.8 Å². The fourth-order valence-electron chi connectivity index (χ4n) is 2.36. The molecule has 1 atom stereocenters. The number of aliphatic carboxylic acids is 1. The smallest absolute Gasteiger partial charge is 0.326 e. The Balaban J connectivity index is 1.80. The van der Waals surface area contributed by atoms with E-state index in [9.17, 15) is 14.4 Å². The number of carboxylic acid groups (broad SMARTS) is 1. The van der Waals surface area contributed by atoms with Crippen LogP contribution in [0.3, 0.4) is 0 Å². The highest BCUT2D eigenvalue weighted by Gasteiger charge is 2.33. The van der Waals surface area contributed by atoms with Crippen molar-refractivity contribution in [2.45, 2.75) is 18.9 Å². The molecule has 118 valence electrons. The van der Waals surface area contributed by atoms with E-state index in [4.69, 9.17) is 16.7 Å². The monoisotopic (exact) mass is 341 g/mol. The maximum atomic E-state index is 12.0. The van der Waals surface area contributed by atoms with E-state index >= 15 is 0 Å². The lowest BCUT2D eigenvalue weighted by atomic mass is 10.1. The van der Waals surface area contributed by atoms with Crippen LogP contribution in [0.15, 0.2) is 24.3 Å². The topological polar surface area (TPSA) is 74.7 Å². The Labute approximate surface area is 137 Å². The second kappa shape index (κ2) is 7.65. The summed E-state index contributed by atoms with van der Waals surface area (Å²) in [7, 11) is 0. The van der Waals surface area contributed by atoms with Crippen molar-refractivity contribution in [1.82, 2.24) is 4.90 Å². The molecular formula is C15H16ClNO4S. The number of ketones is 1. The van der Waals surface area contributed by atoms with Crippen molar-refractivity contribution in [1.29, 1.82) is 0 Å². The Morgan fingerprint density at radius 3 is 2.55 bits per heavy atom. The van der Waals surface area contributed by atoms with E-state index in [1.165, 1.54) is 16.7 Å². The van der Waals surface area contributed by atoms with Crippen molar-refractivity contribution >= 4 is 41.0 Å². The van der Waals surface area contributed by atoms with Gasteiger partial charge in [-0.3, -0.25) is 9.59 Å². The van der Waals surface area contributed by atoms with E-state index in [-0.39, 0.29) is 23.2 Å². The maximum Gasteiger partial charge on any atom is 0.326 e. The molecule has 2 rings (SSSR count). The lowest BCUT2D eigenvalue weighted by Crippen LogP contribution is -2.41. The van der Waals surface area contributed by atoms with Crippen molar-refractivity contribution < 1.29 is 19.5 Å². The molecule has 22 heavy (non-hydrogen) atoms. The first-order chi connectivity index (χ1) is 10.5. The largest absolute Gasteiger partial charge is 0.480 e. The Kier molecular flexibility index (Phi) is 5.85. The molecule has 0 bridgehead atoms. The molecule has 0 unspecified atom stereocenters. The van der Waals surface area contributed by atoms with Gasteiger partial charge in [-0.2, -0.15) is 0 Å². The molecule has 5 nitrogen and oxygen atoms in total. The normalized spacial score (nSPS) is 17.5. The molecule has 1 fully saturated rings. The summed E-state index contributed by atoms with van der Waals surface area (Å²) >= 11 is 6.96.